The van der Waals surface area contributed by atoms with Gasteiger partial charge in [-0.1, -0.05) is 19.3 Å². The lowest BCUT2D eigenvalue weighted by Crippen LogP contribution is -2.39. The van der Waals surface area contributed by atoms with E-state index in [0.717, 1.165) is 34.9 Å². The van der Waals surface area contributed by atoms with Gasteiger partial charge in [0.05, 0.1) is 5.52 Å². The van der Waals surface area contributed by atoms with Crippen LogP contribution >= 0.6 is 11.3 Å². The average Bonchev–Trinajstić information content (AvgIpc) is 3.16. The molecule has 0 bridgehead atoms. The first-order chi connectivity index (χ1) is 12.3. The van der Waals surface area contributed by atoms with E-state index in [2.05, 4.69) is 26.0 Å². The van der Waals surface area contributed by atoms with E-state index in [1.54, 1.807) is 23.7 Å². The summed E-state index contributed by atoms with van der Waals surface area (Å²) in [6.45, 7) is 0. The summed E-state index contributed by atoms with van der Waals surface area (Å²) in [5, 5.41) is 11.1. The van der Waals surface area contributed by atoms with Crippen molar-refractivity contribution >= 4 is 34.1 Å². The van der Waals surface area contributed by atoms with Crippen LogP contribution in [0.4, 0.5) is 10.6 Å². The molecule has 0 atom stereocenters. The number of anilines is 1. The smallest absolute Gasteiger partial charge is 0.320 e. The van der Waals surface area contributed by atoms with Gasteiger partial charge in [-0.05, 0) is 47.4 Å². The maximum atomic E-state index is 12.5. The van der Waals surface area contributed by atoms with Crippen LogP contribution in [-0.4, -0.2) is 22.0 Å². The maximum Gasteiger partial charge on any atom is 0.320 e. The molecule has 5 nitrogen and oxygen atoms in total. The number of thiophene rings is 1. The molecule has 2 amide bonds. The fourth-order valence-electron chi connectivity index (χ4n) is 3.33. The first-order valence-electron chi connectivity index (χ1n) is 8.64. The van der Waals surface area contributed by atoms with Gasteiger partial charge in [0.15, 0.2) is 0 Å². The van der Waals surface area contributed by atoms with Crippen LogP contribution in [-0.2, 0) is 0 Å². The Morgan fingerprint density at radius 3 is 2.88 bits per heavy atom. The zero-order valence-electron chi connectivity index (χ0n) is 13.9. The molecule has 0 unspecified atom stereocenters. The van der Waals surface area contributed by atoms with Crippen molar-refractivity contribution in [2.45, 2.75) is 38.1 Å². The minimum absolute atomic E-state index is 0.177. The summed E-state index contributed by atoms with van der Waals surface area (Å²) >= 11 is 1.62. The number of nitrogens with one attached hydrogen (secondary N) is 2. The van der Waals surface area contributed by atoms with Crippen LogP contribution in [0.2, 0.25) is 0 Å². The highest BCUT2D eigenvalue weighted by Crippen LogP contribution is 2.31. The number of aromatic nitrogens is 2. The Labute approximate surface area is 150 Å². The monoisotopic (exact) mass is 352 g/mol. The summed E-state index contributed by atoms with van der Waals surface area (Å²) in [6.07, 6.45) is 9.26. The highest BCUT2D eigenvalue weighted by atomic mass is 32.1. The molecule has 1 aliphatic carbocycles. The van der Waals surface area contributed by atoms with Gasteiger partial charge in [-0.2, -0.15) is 11.3 Å². The SMILES string of the molecule is O=C(Nc1nc2ccncc2cc1-c1ccsc1)NC1CCCCC1. The number of rotatable bonds is 3. The van der Waals surface area contributed by atoms with Crippen LogP contribution in [0.25, 0.3) is 22.0 Å². The predicted molar refractivity (Wildman–Crippen MR) is 102 cm³/mol. The Morgan fingerprint density at radius 1 is 1.20 bits per heavy atom. The Bertz CT molecular complexity index is 872. The van der Waals surface area contributed by atoms with E-state index in [9.17, 15) is 4.79 Å². The minimum atomic E-state index is -0.177. The van der Waals surface area contributed by atoms with Crippen molar-refractivity contribution in [1.29, 1.82) is 0 Å². The lowest BCUT2D eigenvalue weighted by Gasteiger charge is -2.23. The first kappa shape index (κ1) is 16.0. The molecule has 0 saturated heterocycles. The molecular weight excluding hydrogens is 332 g/mol. The second-order valence-electron chi connectivity index (χ2n) is 6.40. The number of carbonyl (C=O) groups excluding carboxylic acids is 1. The molecule has 0 spiro atoms. The Kier molecular flexibility index (Phi) is 4.61. The van der Waals surface area contributed by atoms with E-state index in [-0.39, 0.29) is 12.1 Å². The summed E-state index contributed by atoms with van der Waals surface area (Å²) in [6, 6.07) is 6.02. The highest BCUT2D eigenvalue weighted by molar-refractivity contribution is 7.08. The number of hydrogen-bond donors (Lipinski definition) is 2. The van der Waals surface area contributed by atoms with Crippen molar-refractivity contribution in [1.82, 2.24) is 15.3 Å². The van der Waals surface area contributed by atoms with Gasteiger partial charge < -0.3 is 5.32 Å². The Morgan fingerprint density at radius 2 is 2.08 bits per heavy atom. The van der Waals surface area contributed by atoms with Gasteiger partial charge in [0.25, 0.3) is 0 Å². The second-order valence-corrected chi connectivity index (χ2v) is 7.18. The molecule has 6 heteroatoms. The topological polar surface area (TPSA) is 66.9 Å². The standard InChI is InChI=1S/C19H20N4OS/c24-19(21-15-4-2-1-3-5-15)23-18-16(13-7-9-25-12-13)10-14-11-20-8-6-17(14)22-18/h6-12,15H,1-5H2,(H2,21,22,23,24). The van der Waals surface area contributed by atoms with Crippen molar-refractivity contribution in [3.8, 4) is 11.1 Å². The van der Waals surface area contributed by atoms with Gasteiger partial charge in [0, 0.05) is 29.4 Å². The van der Waals surface area contributed by atoms with Crippen LogP contribution < -0.4 is 10.6 Å². The van der Waals surface area contributed by atoms with Crippen LogP contribution in [0.5, 0.6) is 0 Å². The molecule has 1 fully saturated rings. The zero-order valence-corrected chi connectivity index (χ0v) is 14.7. The van der Waals surface area contributed by atoms with Gasteiger partial charge in [0.1, 0.15) is 5.82 Å². The van der Waals surface area contributed by atoms with E-state index < -0.39 is 0 Å². The largest absolute Gasteiger partial charge is 0.335 e. The number of carbonyl (C=O) groups is 1. The van der Waals surface area contributed by atoms with Crippen LogP contribution in [0.3, 0.4) is 0 Å². The van der Waals surface area contributed by atoms with E-state index in [4.69, 9.17) is 0 Å². The molecule has 3 heterocycles. The lowest BCUT2D eigenvalue weighted by molar-refractivity contribution is 0.244. The molecule has 25 heavy (non-hydrogen) atoms. The summed E-state index contributed by atoms with van der Waals surface area (Å²) < 4.78 is 0. The third kappa shape index (κ3) is 3.64. The minimum Gasteiger partial charge on any atom is -0.335 e. The summed E-state index contributed by atoms with van der Waals surface area (Å²) in [4.78, 5) is 21.3. The maximum absolute atomic E-state index is 12.5. The number of hydrogen-bond acceptors (Lipinski definition) is 4. The third-order valence-electron chi connectivity index (χ3n) is 4.62. The molecule has 128 valence electrons. The zero-order chi connectivity index (χ0) is 17.1. The lowest BCUT2D eigenvalue weighted by atomic mass is 9.96. The van der Waals surface area contributed by atoms with Crippen molar-refractivity contribution in [2.24, 2.45) is 0 Å². The molecule has 4 rings (SSSR count). The van der Waals surface area contributed by atoms with E-state index in [0.29, 0.717) is 5.82 Å². The molecule has 1 saturated carbocycles. The van der Waals surface area contributed by atoms with Gasteiger partial charge in [-0.15, -0.1) is 0 Å². The van der Waals surface area contributed by atoms with Crippen molar-refractivity contribution in [3.63, 3.8) is 0 Å². The van der Waals surface area contributed by atoms with Crippen LogP contribution in [0.15, 0.2) is 41.4 Å². The number of nitrogens with zero attached hydrogens (tertiary/aromatic N) is 2. The van der Waals surface area contributed by atoms with Gasteiger partial charge in [0.2, 0.25) is 0 Å². The number of pyridine rings is 2. The molecule has 3 aromatic heterocycles. The van der Waals surface area contributed by atoms with Crippen LogP contribution in [0, 0.1) is 0 Å². The summed E-state index contributed by atoms with van der Waals surface area (Å²) in [5.74, 6) is 0.588. The Balaban J connectivity index is 1.62. The summed E-state index contributed by atoms with van der Waals surface area (Å²) in [7, 11) is 0. The third-order valence-corrected chi connectivity index (χ3v) is 5.30. The molecule has 2 N–H and O–H groups in total. The van der Waals surface area contributed by atoms with E-state index in [1.165, 1.54) is 19.3 Å². The Hall–Kier alpha value is -2.47. The van der Waals surface area contributed by atoms with Gasteiger partial charge >= 0.3 is 6.03 Å². The first-order valence-corrected chi connectivity index (χ1v) is 9.59. The number of urea groups is 1. The second kappa shape index (κ2) is 7.19. The van der Waals surface area contributed by atoms with E-state index in [1.807, 2.05) is 23.6 Å². The fourth-order valence-corrected chi connectivity index (χ4v) is 3.98. The van der Waals surface area contributed by atoms with Crippen molar-refractivity contribution in [2.75, 3.05) is 5.32 Å². The molecule has 3 aromatic rings. The molecule has 0 aliphatic heterocycles. The summed E-state index contributed by atoms with van der Waals surface area (Å²) in [5.41, 5.74) is 2.79. The molecule has 0 radical (unpaired) electrons. The fraction of sp³-hybridized carbons (Fsp3) is 0.316. The quantitative estimate of drug-likeness (QED) is 0.710. The van der Waals surface area contributed by atoms with Gasteiger partial charge in [-0.25, -0.2) is 9.78 Å². The highest BCUT2D eigenvalue weighted by Gasteiger charge is 2.17. The van der Waals surface area contributed by atoms with Crippen molar-refractivity contribution < 1.29 is 4.79 Å². The molecule has 1 aliphatic rings. The average molecular weight is 352 g/mol. The van der Waals surface area contributed by atoms with Crippen LogP contribution in [0.1, 0.15) is 32.1 Å². The number of amides is 2. The van der Waals surface area contributed by atoms with Gasteiger partial charge in [-0.3, -0.25) is 10.3 Å². The predicted octanol–water partition coefficient (Wildman–Crippen LogP) is 4.81. The number of fused-ring (bicyclic) bond motifs is 1. The molecular formula is C19H20N4OS. The van der Waals surface area contributed by atoms with E-state index >= 15 is 0 Å². The molecule has 0 aromatic carbocycles. The normalized spacial score (nSPS) is 15.2. The van der Waals surface area contributed by atoms with Crippen molar-refractivity contribution in [3.05, 3.63) is 41.4 Å².